The summed E-state index contributed by atoms with van der Waals surface area (Å²) in [6, 6.07) is 15.8. The highest BCUT2D eigenvalue weighted by Gasteiger charge is 2.40. The normalized spacial score (nSPS) is 22.8. The molecule has 10 heteroatoms. The minimum Gasteiger partial charge on any atom is -0.441 e. The van der Waals surface area contributed by atoms with E-state index in [1.54, 1.807) is 7.05 Å². The molecule has 3 N–H and O–H groups in total. The van der Waals surface area contributed by atoms with Gasteiger partial charge in [-0.05, 0) is 25.3 Å². The minimum absolute atomic E-state index is 0.260. The van der Waals surface area contributed by atoms with Gasteiger partial charge in [0.2, 0.25) is 6.17 Å². The van der Waals surface area contributed by atoms with Gasteiger partial charge in [0, 0.05) is 24.7 Å². The van der Waals surface area contributed by atoms with Crippen LogP contribution in [0.4, 0.5) is 15.3 Å². The Labute approximate surface area is 240 Å². The molecule has 218 valence electrons. The summed E-state index contributed by atoms with van der Waals surface area (Å²) in [4.78, 5) is 47.0. The third-order valence-electron chi connectivity index (χ3n) is 8.37. The first-order valence-electron chi connectivity index (χ1n) is 14.6. The van der Waals surface area contributed by atoms with Crippen LogP contribution in [0, 0.1) is 5.92 Å². The molecule has 0 unspecified atom stereocenters. The Bertz CT molecular complexity index is 1280. The zero-order valence-corrected chi connectivity index (χ0v) is 23.7. The highest BCUT2D eigenvalue weighted by Crippen LogP contribution is 2.30. The molecule has 1 saturated carbocycles. The van der Waals surface area contributed by atoms with Crippen molar-refractivity contribution in [2.24, 2.45) is 10.9 Å². The van der Waals surface area contributed by atoms with Gasteiger partial charge in [-0.25, -0.2) is 14.6 Å². The van der Waals surface area contributed by atoms with Gasteiger partial charge in [0.15, 0.2) is 0 Å². The number of likely N-dealkylation sites (N-methyl/N-ethyl adjacent to an activating group) is 2. The van der Waals surface area contributed by atoms with E-state index in [4.69, 9.17) is 9.73 Å². The van der Waals surface area contributed by atoms with Crippen LogP contribution in [0.15, 0.2) is 59.6 Å². The predicted molar refractivity (Wildman–Crippen MR) is 156 cm³/mol. The maximum Gasteiger partial charge on any atom is 0.410 e. The number of amides is 4. The SMILES string of the molecule is CCN1C[C@@H]([C@H](O)[C@H](CC2CCCCC2)NC(=O)N[C@@H]2N=C(c3ccccc3)c3ccccc3N(C)C2=O)OC1=O. The number of hydrogen-bond acceptors (Lipinski definition) is 6. The first-order chi connectivity index (χ1) is 19.9. The summed E-state index contributed by atoms with van der Waals surface area (Å²) in [7, 11) is 1.67. The third-order valence-corrected chi connectivity index (χ3v) is 8.37. The van der Waals surface area contributed by atoms with Crippen molar-refractivity contribution in [3.8, 4) is 0 Å². The third kappa shape index (κ3) is 6.37. The number of urea groups is 1. The fourth-order valence-electron chi connectivity index (χ4n) is 6.07. The molecule has 41 heavy (non-hydrogen) atoms. The topological polar surface area (TPSA) is 124 Å². The molecule has 5 rings (SSSR count). The maximum atomic E-state index is 13.5. The van der Waals surface area contributed by atoms with Gasteiger partial charge < -0.3 is 30.3 Å². The van der Waals surface area contributed by atoms with Crippen LogP contribution >= 0.6 is 0 Å². The Kier molecular flexibility index (Phi) is 8.87. The number of carbonyl (C=O) groups excluding carboxylic acids is 3. The molecule has 4 amide bonds. The van der Waals surface area contributed by atoms with Gasteiger partial charge in [0.1, 0.15) is 12.2 Å². The zero-order chi connectivity index (χ0) is 28.9. The number of benzene rings is 2. The van der Waals surface area contributed by atoms with Crippen molar-refractivity contribution in [2.75, 3.05) is 25.0 Å². The lowest BCUT2D eigenvalue weighted by molar-refractivity contribution is -0.119. The average molecular weight is 562 g/mol. The van der Waals surface area contributed by atoms with Crippen molar-refractivity contribution >= 4 is 29.4 Å². The van der Waals surface area contributed by atoms with Crippen molar-refractivity contribution < 1.29 is 24.2 Å². The molecule has 2 aromatic carbocycles. The maximum absolute atomic E-state index is 13.5. The number of aliphatic hydroxyl groups excluding tert-OH is 1. The minimum atomic E-state index is -1.19. The number of aliphatic hydroxyl groups is 1. The summed E-state index contributed by atoms with van der Waals surface area (Å²) in [5.74, 6) is -0.0443. The van der Waals surface area contributed by atoms with E-state index in [0.29, 0.717) is 30.3 Å². The molecule has 10 nitrogen and oxygen atoms in total. The van der Waals surface area contributed by atoms with E-state index in [-0.39, 0.29) is 12.5 Å². The molecular formula is C31H39N5O5. The summed E-state index contributed by atoms with van der Waals surface area (Å²) in [5, 5.41) is 17.0. The lowest BCUT2D eigenvalue weighted by Gasteiger charge is -2.32. The Morgan fingerprint density at radius 1 is 1.07 bits per heavy atom. The van der Waals surface area contributed by atoms with Gasteiger partial charge in [-0.1, -0.05) is 80.6 Å². The largest absolute Gasteiger partial charge is 0.441 e. The number of nitrogens with zero attached hydrogens (tertiary/aromatic N) is 3. The molecule has 0 bridgehead atoms. The van der Waals surface area contributed by atoms with Crippen LogP contribution < -0.4 is 15.5 Å². The Balaban J connectivity index is 1.38. The molecule has 4 atom stereocenters. The van der Waals surface area contributed by atoms with E-state index in [9.17, 15) is 19.5 Å². The van der Waals surface area contributed by atoms with Gasteiger partial charge in [-0.2, -0.15) is 0 Å². The van der Waals surface area contributed by atoms with E-state index in [2.05, 4.69) is 10.6 Å². The van der Waals surface area contributed by atoms with Crippen LogP contribution in [0.25, 0.3) is 0 Å². The average Bonchev–Trinajstić information content (AvgIpc) is 3.34. The van der Waals surface area contributed by atoms with Gasteiger partial charge >= 0.3 is 12.1 Å². The second-order valence-electron chi connectivity index (χ2n) is 11.1. The molecule has 1 saturated heterocycles. The van der Waals surface area contributed by atoms with E-state index in [1.807, 2.05) is 61.5 Å². The fourth-order valence-corrected chi connectivity index (χ4v) is 6.07. The molecule has 0 spiro atoms. The number of anilines is 1. The molecular weight excluding hydrogens is 522 g/mol. The van der Waals surface area contributed by atoms with E-state index in [1.165, 1.54) is 16.2 Å². The summed E-state index contributed by atoms with van der Waals surface area (Å²) >= 11 is 0. The molecule has 2 fully saturated rings. The summed E-state index contributed by atoms with van der Waals surface area (Å²) in [6.45, 7) is 2.59. The van der Waals surface area contributed by atoms with Crippen LogP contribution in [0.5, 0.6) is 0 Å². The molecule has 2 heterocycles. The number of cyclic esters (lactones) is 1. The van der Waals surface area contributed by atoms with Gasteiger partial charge in [-0.3, -0.25) is 4.79 Å². The van der Waals surface area contributed by atoms with Crippen molar-refractivity contribution in [1.29, 1.82) is 0 Å². The van der Waals surface area contributed by atoms with Gasteiger partial charge in [0.05, 0.1) is 24.0 Å². The van der Waals surface area contributed by atoms with Crippen LogP contribution in [-0.2, 0) is 9.53 Å². The summed E-state index contributed by atoms with van der Waals surface area (Å²) in [5.41, 5.74) is 2.90. The fraction of sp³-hybridized carbons (Fsp3) is 0.484. The highest BCUT2D eigenvalue weighted by atomic mass is 16.6. The summed E-state index contributed by atoms with van der Waals surface area (Å²) < 4.78 is 5.46. The number of hydrogen-bond donors (Lipinski definition) is 3. The Morgan fingerprint density at radius 3 is 2.49 bits per heavy atom. The Morgan fingerprint density at radius 2 is 1.78 bits per heavy atom. The van der Waals surface area contributed by atoms with Gasteiger partial charge in [-0.15, -0.1) is 0 Å². The molecule has 2 aromatic rings. The smallest absolute Gasteiger partial charge is 0.410 e. The predicted octanol–water partition coefficient (Wildman–Crippen LogP) is 3.67. The first kappa shape index (κ1) is 28.6. The number of ether oxygens (including phenoxy) is 1. The van der Waals surface area contributed by atoms with Crippen molar-refractivity contribution in [2.45, 2.75) is 69.9 Å². The second kappa shape index (κ2) is 12.7. The second-order valence-corrected chi connectivity index (χ2v) is 11.1. The molecule has 2 aliphatic heterocycles. The molecule has 1 aliphatic carbocycles. The first-order valence-corrected chi connectivity index (χ1v) is 14.6. The van der Waals surface area contributed by atoms with Crippen LogP contribution in [0.1, 0.15) is 56.6 Å². The van der Waals surface area contributed by atoms with Crippen LogP contribution in [0.2, 0.25) is 0 Å². The van der Waals surface area contributed by atoms with Crippen LogP contribution in [-0.4, -0.2) is 78.3 Å². The lowest BCUT2D eigenvalue weighted by Crippen LogP contribution is -2.56. The monoisotopic (exact) mass is 561 g/mol. The molecule has 3 aliphatic rings. The highest BCUT2D eigenvalue weighted by molar-refractivity contribution is 6.20. The quantitative estimate of drug-likeness (QED) is 0.454. The van der Waals surface area contributed by atoms with Crippen LogP contribution in [0.3, 0.4) is 0 Å². The summed E-state index contributed by atoms with van der Waals surface area (Å²) in [6.07, 6.45) is 2.51. The standard InChI is InChI=1S/C31H39N5O5/c1-3-36-19-25(41-31(36)40)27(37)23(18-20-12-6-4-7-13-20)32-30(39)34-28-29(38)35(2)24-17-11-10-16-22(24)26(33-28)21-14-8-5-9-15-21/h5,8-11,14-17,20,23,25,27-28,37H,3-4,6-7,12-13,18-19H2,1-2H3,(H2,32,34,39)/t23-,25-,27+,28-/m0/s1. The zero-order valence-electron chi connectivity index (χ0n) is 23.7. The number of para-hydroxylation sites is 1. The number of rotatable bonds is 8. The number of fused-ring (bicyclic) bond motifs is 1. The van der Waals surface area contributed by atoms with Crippen molar-refractivity contribution in [3.63, 3.8) is 0 Å². The number of carbonyl (C=O) groups is 3. The van der Waals surface area contributed by atoms with E-state index >= 15 is 0 Å². The van der Waals surface area contributed by atoms with Gasteiger partial charge in [0.25, 0.3) is 5.91 Å². The number of nitrogens with one attached hydrogen (secondary N) is 2. The number of benzodiazepines with no additional fused rings is 1. The lowest BCUT2D eigenvalue weighted by atomic mass is 9.83. The van der Waals surface area contributed by atoms with Crippen molar-refractivity contribution in [1.82, 2.24) is 15.5 Å². The Hall–Kier alpha value is -3.92. The molecule has 0 aromatic heterocycles. The van der Waals surface area contributed by atoms with E-state index < -0.39 is 36.5 Å². The van der Waals surface area contributed by atoms with Crippen molar-refractivity contribution in [3.05, 3.63) is 65.7 Å². The molecule has 0 radical (unpaired) electrons. The van der Waals surface area contributed by atoms with E-state index in [0.717, 1.165) is 36.8 Å². The number of aliphatic imine (C=N–C) groups is 1.